The first-order valence-electron chi connectivity index (χ1n) is 10.1. The highest BCUT2D eigenvalue weighted by Crippen LogP contribution is 2.36. The molecule has 1 N–H and O–H groups in total. The fraction of sp³-hybridized carbons (Fsp3) is 0.167. The van der Waals surface area contributed by atoms with Gasteiger partial charge in [-0.3, -0.25) is 14.9 Å². The van der Waals surface area contributed by atoms with Crippen molar-refractivity contribution in [1.29, 1.82) is 0 Å². The van der Waals surface area contributed by atoms with Crippen LogP contribution in [0.5, 0.6) is 11.5 Å². The second-order valence-corrected chi connectivity index (χ2v) is 7.58. The zero-order chi connectivity index (χ0) is 24.5. The minimum Gasteiger partial charge on any atom is -0.493 e. The minimum absolute atomic E-state index is 0.0234. The van der Waals surface area contributed by atoms with Crippen molar-refractivity contribution < 1.29 is 24.0 Å². The molecule has 0 aliphatic heterocycles. The van der Waals surface area contributed by atoms with E-state index in [-0.39, 0.29) is 35.6 Å². The van der Waals surface area contributed by atoms with Gasteiger partial charge in [0, 0.05) is 23.4 Å². The number of aryl methyl sites for hydroxylation is 1. The number of benzene rings is 3. The van der Waals surface area contributed by atoms with Crippen molar-refractivity contribution in [3.8, 4) is 11.5 Å². The molecular formula is C24H22ClN3O6. The molecule has 9 nitrogen and oxygen atoms in total. The van der Waals surface area contributed by atoms with Crippen molar-refractivity contribution in [3.05, 3.63) is 92.5 Å². The van der Waals surface area contributed by atoms with E-state index in [0.29, 0.717) is 22.6 Å². The quantitative estimate of drug-likeness (QED) is 0.243. The Morgan fingerprint density at radius 1 is 1.18 bits per heavy atom. The molecule has 0 unspecified atom stereocenters. The zero-order valence-corrected chi connectivity index (χ0v) is 19.2. The summed E-state index contributed by atoms with van der Waals surface area (Å²) in [4.78, 5) is 27.8. The molecule has 3 aromatic rings. The second-order valence-electron chi connectivity index (χ2n) is 7.17. The second kappa shape index (κ2) is 11.7. The van der Waals surface area contributed by atoms with E-state index in [2.05, 4.69) is 10.5 Å². The van der Waals surface area contributed by atoms with Crippen LogP contribution in [0.2, 0.25) is 5.02 Å². The van der Waals surface area contributed by atoms with E-state index < -0.39 is 4.92 Å². The molecule has 0 saturated heterocycles. The molecule has 0 bridgehead atoms. The van der Waals surface area contributed by atoms with E-state index in [0.717, 1.165) is 5.56 Å². The Balaban J connectivity index is 1.59. The first-order chi connectivity index (χ1) is 16.4. The lowest BCUT2D eigenvalue weighted by molar-refractivity contribution is -0.384. The van der Waals surface area contributed by atoms with E-state index in [1.165, 1.54) is 25.5 Å². The topological polar surface area (TPSA) is 112 Å². The van der Waals surface area contributed by atoms with Gasteiger partial charge in [0.15, 0.2) is 18.1 Å². The first kappa shape index (κ1) is 24.5. The highest BCUT2D eigenvalue weighted by Gasteiger charge is 2.14. The lowest BCUT2D eigenvalue weighted by Gasteiger charge is -2.13. The predicted octanol–water partition coefficient (Wildman–Crippen LogP) is 5.13. The largest absolute Gasteiger partial charge is 0.493 e. The van der Waals surface area contributed by atoms with Crippen molar-refractivity contribution in [2.24, 2.45) is 5.16 Å². The number of ether oxygens (including phenoxy) is 2. The molecule has 3 rings (SSSR count). The summed E-state index contributed by atoms with van der Waals surface area (Å²) in [5, 5.41) is 17.7. The molecule has 0 atom stereocenters. The Kier molecular flexibility index (Phi) is 8.42. The summed E-state index contributed by atoms with van der Waals surface area (Å²) in [6, 6.07) is 16.7. The van der Waals surface area contributed by atoms with E-state index in [1.807, 2.05) is 19.1 Å². The molecule has 3 aromatic carbocycles. The average molecular weight is 484 g/mol. The summed E-state index contributed by atoms with van der Waals surface area (Å²) in [6.45, 7) is 1.75. The highest BCUT2D eigenvalue weighted by molar-refractivity contribution is 6.32. The van der Waals surface area contributed by atoms with Gasteiger partial charge in [0.2, 0.25) is 0 Å². The van der Waals surface area contributed by atoms with Crippen LogP contribution in [0.15, 0.2) is 65.8 Å². The van der Waals surface area contributed by atoms with E-state index in [4.69, 9.17) is 25.9 Å². The normalized spacial score (nSPS) is 10.7. The first-order valence-corrected chi connectivity index (χ1v) is 10.5. The van der Waals surface area contributed by atoms with Crippen LogP contribution in [0.1, 0.15) is 16.7 Å². The molecule has 0 aliphatic rings. The number of hydrogen-bond donors (Lipinski definition) is 1. The standard InChI is InChI=1S/C24H22ClN3O6/c1-16-6-8-19(9-7-16)27-23(29)15-33-24-21(25)11-18(12-22(24)32-2)13-26-34-14-17-4-3-5-20(10-17)28(30)31/h3-13H,14-15H2,1-2H3,(H,27,29)/b26-13-. The van der Waals surface area contributed by atoms with Crippen LogP contribution in [0.4, 0.5) is 11.4 Å². The number of nitro groups is 1. The highest BCUT2D eigenvalue weighted by atomic mass is 35.5. The van der Waals surface area contributed by atoms with Crippen LogP contribution in [-0.4, -0.2) is 30.8 Å². The number of hydrogen-bond acceptors (Lipinski definition) is 7. The predicted molar refractivity (Wildman–Crippen MR) is 129 cm³/mol. The maximum Gasteiger partial charge on any atom is 0.269 e. The Hall–Kier alpha value is -4.11. The van der Waals surface area contributed by atoms with Crippen molar-refractivity contribution in [3.63, 3.8) is 0 Å². The molecular weight excluding hydrogens is 462 g/mol. The molecule has 0 saturated carbocycles. The van der Waals surface area contributed by atoms with Gasteiger partial charge in [-0.15, -0.1) is 0 Å². The third-order valence-corrected chi connectivity index (χ3v) is 4.84. The number of nitrogens with one attached hydrogen (secondary N) is 1. The zero-order valence-electron chi connectivity index (χ0n) is 18.5. The Morgan fingerprint density at radius 3 is 2.65 bits per heavy atom. The summed E-state index contributed by atoms with van der Waals surface area (Å²) in [7, 11) is 1.45. The van der Waals surface area contributed by atoms with Gasteiger partial charge in [0.25, 0.3) is 11.6 Å². The Bertz CT molecular complexity index is 1200. The van der Waals surface area contributed by atoms with Crippen LogP contribution < -0.4 is 14.8 Å². The number of amides is 1. The van der Waals surface area contributed by atoms with Crippen LogP contribution >= 0.6 is 11.6 Å². The van der Waals surface area contributed by atoms with Gasteiger partial charge in [-0.05, 0) is 36.8 Å². The molecule has 0 aromatic heterocycles. The van der Waals surface area contributed by atoms with Crippen LogP contribution in [-0.2, 0) is 16.2 Å². The van der Waals surface area contributed by atoms with Gasteiger partial charge in [0.05, 0.1) is 23.3 Å². The molecule has 0 aliphatic carbocycles. The molecule has 10 heteroatoms. The number of nitro benzene ring substituents is 1. The smallest absolute Gasteiger partial charge is 0.269 e. The van der Waals surface area contributed by atoms with Gasteiger partial charge in [-0.25, -0.2) is 0 Å². The molecule has 0 fully saturated rings. The molecule has 0 spiro atoms. The van der Waals surface area contributed by atoms with Gasteiger partial charge in [-0.2, -0.15) is 0 Å². The minimum atomic E-state index is -0.475. The summed E-state index contributed by atoms with van der Waals surface area (Å²) < 4.78 is 10.9. The monoisotopic (exact) mass is 483 g/mol. The SMILES string of the molecule is COc1cc(/C=N\OCc2cccc([N+](=O)[O-])c2)cc(Cl)c1OCC(=O)Nc1ccc(C)cc1. The molecule has 0 radical (unpaired) electrons. The third-order valence-electron chi connectivity index (χ3n) is 4.56. The van der Waals surface area contributed by atoms with E-state index >= 15 is 0 Å². The Morgan fingerprint density at radius 2 is 1.94 bits per heavy atom. The van der Waals surface area contributed by atoms with Crippen molar-refractivity contribution in [1.82, 2.24) is 0 Å². The van der Waals surface area contributed by atoms with E-state index in [1.54, 1.807) is 36.4 Å². The fourth-order valence-electron chi connectivity index (χ4n) is 2.90. The number of carbonyl (C=O) groups is 1. The third kappa shape index (κ3) is 6.94. The average Bonchev–Trinajstić information content (AvgIpc) is 2.82. The number of halogens is 1. The number of methoxy groups -OCH3 is 1. The molecule has 34 heavy (non-hydrogen) atoms. The summed E-state index contributed by atoms with van der Waals surface area (Å²) >= 11 is 6.33. The van der Waals surface area contributed by atoms with E-state index in [9.17, 15) is 14.9 Å². The maximum absolute atomic E-state index is 12.2. The number of oxime groups is 1. The number of non-ortho nitro benzene ring substituents is 1. The maximum atomic E-state index is 12.2. The van der Waals surface area contributed by atoms with Crippen molar-refractivity contribution in [2.45, 2.75) is 13.5 Å². The molecule has 0 heterocycles. The van der Waals surface area contributed by atoms with Gasteiger partial charge in [0.1, 0.15) is 6.61 Å². The summed E-state index contributed by atoms with van der Waals surface area (Å²) in [5.74, 6) is 0.191. The van der Waals surface area contributed by atoms with Gasteiger partial charge < -0.3 is 19.6 Å². The van der Waals surface area contributed by atoms with Crippen LogP contribution in [0.3, 0.4) is 0 Å². The van der Waals surface area contributed by atoms with Crippen LogP contribution in [0, 0.1) is 17.0 Å². The number of rotatable bonds is 10. The number of anilines is 1. The fourth-order valence-corrected chi connectivity index (χ4v) is 3.17. The molecule has 176 valence electrons. The number of carbonyl (C=O) groups excluding carboxylic acids is 1. The van der Waals surface area contributed by atoms with Gasteiger partial charge >= 0.3 is 0 Å². The van der Waals surface area contributed by atoms with Crippen LogP contribution in [0.25, 0.3) is 0 Å². The number of nitrogens with zero attached hydrogens (tertiary/aromatic N) is 2. The lowest BCUT2D eigenvalue weighted by Crippen LogP contribution is -2.20. The summed E-state index contributed by atoms with van der Waals surface area (Å²) in [5.41, 5.74) is 2.90. The lowest BCUT2D eigenvalue weighted by atomic mass is 10.2. The van der Waals surface area contributed by atoms with Gasteiger partial charge in [-0.1, -0.05) is 46.6 Å². The van der Waals surface area contributed by atoms with Crippen molar-refractivity contribution >= 4 is 35.1 Å². The summed E-state index contributed by atoms with van der Waals surface area (Å²) in [6.07, 6.45) is 1.42. The molecule has 1 amide bonds. The van der Waals surface area contributed by atoms with Crippen molar-refractivity contribution in [2.75, 3.05) is 19.0 Å². The Labute approximate surface area is 201 Å².